The molecule has 0 aromatic rings. The molecule has 0 saturated heterocycles. The fourth-order valence-corrected chi connectivity index (χ4v) is 2.51. The van der Waals surface area contributed by atoms with Crippen molar-refractivity contribution in [2.75, 3.05) is 20.3 Å². The minimum atomic E-state index is -0.801. The van der Waals surface area contributed by atoms with Gasteiger partial charge in [0.2, 0.25) is 6.29 Å². The molecule has 0 heterocycles. The van der Waals surface area contributed by atoms with Crippen LogP contribution in [-0.4, -0.2) is 32.5 Å². The highest BCUT2D eigenvalue weighted by molar-refractivity contribution is 5.79. The molecule has 1 amide bonds. The second-order valence-corrected chi connectivity index (χ2v) is 6.93. The molecule has 0 spiro atoms. The molecule has 1 atom stereocenters. The van der Waals surface area contributed by atoms with Gasteiger partial charge in [-0.2, -0.15) is 0 Å². The summed E-state index contributed by atoms with van der Waals surface area (Å²) in [4.78, 5) is 11.8. The Kier molecular flexibility index (Phi) is 21.9. The molecular weight excluding hydrogens is 374 g/mol. The molecule has 1 N–H and O–H groups in total. The number of hydrogen-bond acceptors (Lipinski definition) is 3. The van der Waals surface area contributed by atoms with Gasteiger partial charge in [0.05, 0.1) is 6.61 Å². The van der Waals surface area contributed by atoms with Gasteiger partial charge >= 0.3 is 0 Å². The van der Waals surface area contributed by atoms with Gasteiger partial charge in [0.15, 0.2) is 0 Å². The molecule has 0 aromatic heterocycles. The molecule has 4 heteroatoms. The molecule has 0 aliphatic rings. The van der Waals surface area contributed by atoms with E-state index in [9.17, 15) is 4.79 Å². The number of ether oxygens (including phenoxy) is 2. The van der Waals surface area contributed by atoms with E-state index in [1.165, 1.54) is 7.11 Å². The molecule has 0 aliphatic carbocycles. The first kappa shape index (κ1) is 28.1. The van der Waals surface area contributed by atoms with Crippen LogP contribution in [0.4, 0.5) is 0 Å². The van der Waals surface area contributed by atoms with E-state index in [1.807, 2.05) is 6.92 Å². The highest BCUT2D eigenvalue weighted by Gasteiger charge is 2.16. The van der Waals surface area contributed by atoms with E-state index in [0.29, 0.717) is 13.2 Å². The number of nitrogens with one attached hydrogen (secondary N) is 1. The van der Waals surface area contributed by atoms with E-state index < -0.39 is 6.29 Å². The Morgan fingerprint density at radius 1 is 0.800 bits per heavy atom. The van der Waals surface area contributed by atoms with Crippen LogP contribution in [0.5, 0.6) is 0 Å². The Hall–Kier alpha value is -1.91. The molecule has 0 saturated carbocycles. The first-order chi connectivity index (χ1) is 14.8. The topological polar surface area (TPSA) is 47.6 Å². The van der Waals surface area contributed by atoms with Gasteiger partial charge in [-0.05, 0) is 57.8 Å². The van der Waals surface area contributed by atoms with Crippen LogP contribution in [0.1, 0.15) is 71.6 Å². The highest BCUT2D eigenvalue weighted by Crippen LogP contribution is 2.02. The van der Waals surface area contributed by atoms with Gasteiger partial charge in [-0.3, -0.25) is 4.79 Å². The van der Waals surface area contributed by atoms with Gasteiger partial charge < -0.3 is 14.8 Å². The van der Waals surface area contributed by atoms with Gasteiger partial charge in [0, 0.05) is 13.7 Å². The number of carbonyl (C=O) groups excluding carboxylic acids is 1. The van der Waals surface area contributed by atoms with E-state index in [4.69, 9.17) is 9.47 Å². The Morgan fingerprint density at radius 2 is 1.33 bits per heavy atom. The van der Waals surface area contributed by atoms with Crippen LogP contribution in [0.25, 0.3) is 0 Å². The number of amides is 1. The summed E-state index contributed by atoms with van der Waals surface area (Å²) >= 11 is 0. The summed E-state index contributed by atoms with van der Waals surface area (Å²) in [5, 5.41) is 2.78. The van der Waals surface area contributed by atoms with Crippen LogP contribution in [0.15, 0.2) is 60.8 Å². The van der Waals surface area contributed by atoms with Crippen molar-refractivity contribution in [2.45, 2.75) is 77.9 Å². The van der Waals surface area contributed by atoms with Crippen LogP contribution in [0.3, 0.4) is 0 Å². The lowest BCUT2D eigenvalue weighted by molar-refractivity contribution is -0.165. The second kappa shape index (κ2) is 23.4. The fraction of sp³-hybridized carbons (Fsp3) is 0.577. The number of rotatable bonds is 19. The minimum Gasteiger partial charge on any atom is -0.352 e. The monoisotopic (exact) mass is 417 g/mol. The van der Waals surface area contributed by atoms with Gasteiger partial charge in [-0.15, -0.1) is 0 Å². The maximum absolute atomic E-state index is 11.8. The molecular formula is C26H43NO3. The number of hydrogen-bond donors (Lipinski definition) is 1. The van der Waals surface area contributed by atoms with Crippen molar-refractivity contribution in [3.8, 4) is 0 Å². The minimum absolute atomic E-state index is 0.197. The van der Waals surface area contributed by atoms with E-state index in [-0.39, 0.29) is 5.91 Å². The summed E-state index contributed by atoms with van der Waals surface area (Å²) in [6.07, 6.45) is 30.2. The molecule has 0 fully saturated rings. The average molecular weight is 418 g/mol. The predicted molar refractivity (Wildman–Crippen MR) is 128 cm³/mol. The van der Waals surface area contributed by atoms with Crippen LogP contribution < -0.4 is 5.32 Å². The third kappa shape index (κ3) is 19.4. The molecule has 0 rings (SSSR count). The zero-order valence-corrected chi connectivity index (χ0v) is 19.4. The highest BCUT2D eigenvalue weighted by atomic mass is 16.7. The van der Waals surface area contributed by atoms with E-state index in [0.717, 1.165) is 57.8 Å². The van der Waals surface area contributed by atoms with Crippen LogP contribution in [0, 0.1) is 0 Å². The van der Waals surface area contributed by atoms with E-state index in [1.54, 1.807) is 0 Å². The van der Waals surface area contributed by atoms with Gasteiger partial charge in [-0.25, -0.2) is 0 Å². The molecule has 0 bridgehead atoms. The Labute approximate surface area is 184 Å². The molecule has 0 aliphatic heterocycles. The van der Waals surface area contributed by atoms with Gasteiger partial charge in [-0.1, -0.05) is 74.6 Å². The van der Waals surface area contributed by atoms with Crippen molar-refractivity contribution in [1.82, 2.24) is 5.32 Å². The molecule has 1 unspecified atom stereocenters. The van der Waals surface area contributed by atoms with Crippen molar-refractivity contribution in [1.29, 1.82) is 0 Å². The zero-order chi connectivity index (χ0) is 22.1. The first-order valence-electron chi connectivity index (χ1n) is 11.4. The zero-order valence-electron chi connectivity index (χ0n) is 19.4. The Morgan fingerprint density at radius 3 is 1.83 bits per heavy atom. The second-order valence-electron chi connectivity index (χ2n) is 6.93. The lowest BCUT2D eigenvalue weighted by atomic mass is 10.2. The Bertz CT molecular complexity index is 532. The summed E-state index contributed by atoms with van der Waals surface area (Å²) in [5.74, 6) is -0.197. The molecule has 0 radical (unpaired) electrons. The summed E-state index contributed by atoms with van der Waals surface area (Å²) in [5.41, 5.74) is 0. The van der Waals surface area contributed by atoms with E-state index in [2.05, 4.69) is 73.0 Å². The molecule has 4 nitrogen and oxygen atoms in total. The summed E-state index contributed by atoms with van der Waals surface area (Å²) in [6, 6.07) is 0. The van der Waals surface area contributed by atoms with Gasteiger partial charge in [0.25, 0.3) is 5.91 Å². The number of allylic oxidation sites excluding steroid dienone is 10. The van der Waals surface area contributed by atoms with Crippen molar-refractivity contribution >= 4 is 5.91 Å². The van der Waals surface area contributed by atoms with Gasteiger partial charge in [0.1, 0.15) is 0 Å². The SMILES string of the molecule is CC/C=C\C/C=C\C/C=C\C/C=C\C/C=C\CCCCOC(OC)C(=O)NCCC. The standard InChI is InChI=1S/C26H43NO3/c1-4-6-7-8-9-10-11-12-13-14-15-16-17-18-19-20-21-22-24-30-26(29-3)25(28)27-23-5-2/h6-7,9-10,12-13,15-16,18-19,26H,4-5,8,11,14,17,20-24H2,1-3H3,(H,27,28)/b7-6-,10-9-,13-12-,16-15-,19-18-. The normalized spacial score (nSPS) is 13.6. The van der Waals surface area contributed by atoms with Crippen molar-refractivity contribution in [3.63, 3.8) is 0 Å². The first-order valence-corrected chi connectivity index (χ1v) is 11.4. The van der Waals surface area contributed by atoms with E-state index >= 15 is 0 Å². The number of unbranched alkanes of at least 4 members (excludes halogenated alkanes) is 2. The third-order valence-electron chi connectivity index (χ3n) is 4.17. The maximum atomic E-state index is 11.8. The Balaban J connectivity index is 3.60. The summed E-state index contributed by atoms with van der Waals surface area (Å²) in [6.45, 7) is 5.34. The average Bonchev–Trinajstić information content (AvgIpc) is 2.76. The third-order valence-corrected chi connectivity index (χ3v) is 4.17. The molecule has 30 heavy (non-hydrogen) atoms. The van der Waals surface area contributed by atoms with Crippen molar-refractivity contribution < 1.29 is 14.3 Å². The maximum Gasteiger partial charge on any atom is 0.277 e. The lowest BCUT2D eigenvalue weighted by Gasteiger charge is -2.15. The quantitative estimate of drug-likeness (QED) is 0.150. The van der Waals surface area contributed by atoms with Crippen LogP contribution in [-0.2, 0) is 14.3 Å². The fourth-order valence-electron chi connectivity index (χ4n) is 2.51. The predicted octanol–water partition coefficient (Wildman–Crippen LogP) is 6.42. The largest absolute Gasteiger partial charge is 0.352 e. The lowest BCUT2D eigenvalue weighted by Crippen LogP contribution is -2.38. The van der Waals surface area contributed by atoms with Crippen molar-refractivity contribution in [2.24, 2.45) is 0 Å². The summed E-state index contributed by atoms with van der Waals surface area (Å²) in [7, 11) is 1.49. The number of methoxy groups -OCH3 is 1. The smallest absolute Gasteiger partial charge is 0.277 e. The number of carbonyl (C=O) groups is 1. The summed E-state index contributed by atoms with van der Waals surface area (Å²) < 4.78 is 10.6. The van der Waals surface area contributed by atoms with Crippen molar-refractivity contribution in [3.05, 3.63) is 60.8 Å². The van der Waals surface area contributed by atoms with Crippen LogP contribution in [0.2, 0.25) is 0 Å². The molecule has 0 aromatic carbocycles. The van der Waals surface area contributed by atoms with Crippen LogP contribution >= 0.6 is 0 Å². The molecule has 170 valence electrons.